The van der Waals surface area contributed by atoms with Gasteiger partial charge in [-0.05, 0) is 24.7 Å². The van der Waals surface area contributed by atoms with Gasteiger partial charge < -0.3 is 5.32 Å². The Hall–Kier alpha value is -1.12. The second-order valence-corrected chi connectivity index (χ2v) is 5.85. The van der Waals surface area contributed by atoms with Gasteiger partial charge in [-0.3, -0.25) is 0 Å². The van der Waals surface area contributed by atoms with Crippen LogP contribution in [0.25, 0.3) is 0 Å². The van der Waals surface area contributed by atoms with Gasteiger partial charge in [-0.2, -0.15) is 0 Å². The summed E-state index contributed by atoms with van der Waals surface area (Å²) >= 11 is 0. The van der Waals surface area contributed by atoms with Gasteiger partial charge in [-0.15, -0.1) is 0 Å². The van der Waals surface area contributed by atoms with E-state index in [0.717, 1.165) is 17.4 Å². The van der Waals surface area contributed by atoms with Crippen LogP contribution in [-0.2, 0) is 0 Å². The minimum Gasteiger partial charge on any atom is -0.367 e. The molecule has 2 rings (SSSR count). The van der Waals surface area contributed by atoms with Crippen molar-refractivity contribution in [2.45, 2.75) is 64.8 Å². The van der Waals surface area contributed by atoms with Crippen LogP contribution in [0.1, 0.15) is 64.5 Å². The van der Waals surface area contributed by atoms with Gasteiger partial charge in [0.25, 0.3) is 0 Å². The Bertz CT molecular complexity index is 376. The third kappa shape index (κ3) is 3.44. The molecule has 1 aromatic heterocycles. The number of nitrogens with zero attached hydrogens (tertiary/aromatic N) is 2. The zero-order valence-corrected chi connectivity index (χ0v) is 11.8. The quantitative estimate of drug-likeness (QED) is 0.821. The summed E-state index contributed by atoms with van der Waals surface area (Å²) in [6.07, 6.45) is 8.37. The van der Waals surface area contributed by atoms with Crippen molar-refractivity contribution < 1.29 is 0 Å². The Morgan fingerprint density at radius 3 is 2.72 bits per heavy atom. The third-order valence-corrected chi connectivity index (χ3v) is 3.97. The molecule has 1 aliphatic rings. The molecule has 1 N–H and O–H groups in total. The Morgan fingerprint density at radius 1 is 1.17 bits per heavy atom. The van der Waals surface area contributed by atoms with Crippen molar-refractivity contribution in [2.24, 2.45) is 5.92 Å². The molecule has 1 aromatic rings. The van der Waals surface area contributed by atoms with Crippen LogP contribution in [0.3, 0.4) is 0 Å². The number of anilines is 1. The minimum absolute atomic E-state index is 0.458. The fraction of sp³-hybridized carbons (Fsp3) is 0.733. The molecule has 0 radical (unpaired) electrons. The maximum absolute atomic E-state index is 4.36. The lowest BCUT2D eigenvalue weighted by Crippen LogP contribution is -2.26. The smallest absolute Gasteiger partial charge is 0.129 e. The Morgan fingerprint density at radius 2 is 1.94 bits per heavy atom. The van der Waals surface area contributed by atoms with Gasteiger partial charge in [0.05, 0.1) is 0 Å². The van der Waals surface area contributed by atoms with Gasteiger partial charge in [0.2, 0.25) is 0 Å². The molecule has 0 amide bonds. The topological polar surface area (TPSA) is 37.8 Å². The maximum Gasteiger partial charge on any atom is 0.129 e. The minimum atomic E-state index is 0.458. The third-order valence-electron chi connectivity index (χ3n) is 3.97. The highest BCUT2D eigenvalue weighted by Crippen LogP contribution is 2.25. The molecule has 0 spiro atoms. The van der Waals surface area contributed by atoms with Crippen LogP contribution in [0, 0.1) is 5.92 Å². The van der Waals surface area contributed by atoms with Crippen molar-refractivity contribution in [2.75, 3.05) is 5.32 Å². The lowest BCUT2D eigenvalue weighted by molar-refractivity contribution is 0.455. The van der Waals surface area contributed by atoms with Gasteiger partial charge in [-0.25, -0.2) is 9.97 Å². The van der Waals surface area contributed by atoms with Crippen LogP contribution in [0.2, 0.25) is 0 Å². The molecule has 3 nitrogen and oxygen atoms in total. The van der Waals surface area contributed by atoms with E-state index in [4.69, 9.17) is 0 Å². The first-order chi connectivity index (χ1) is 8.66. The summed E-state index contributed by atoms with van der Waals surface area (Å²) in [5.74, 6) is 2.19. The fourth-order valence-corrected chi connectivity index (χ4v) is 2.66. The van der Waals surface area contributed by atoms with Crippen LogP contribution in [0.15, 0.2) is 12.4 Å². The molecule has 0 bridgehead atoms. The van der Waals surface area contributed by atoms with Gasteiger partial charge in [0.15, 0.2) is 0 Å². The average molecular weight is 247 g/mol. The first kappa shape index (κ1) is 13.3. The van der Waals surface area contributed by atoms with E-state index in [1.807, 2.05) is 0 Å². The zero-order chi connectivity index (χ0) is 13.0. The summed E-state index contributed by atoms with van der Waals surface area (Å²) in [5.41, 5.74) is 1.12. The van der Waals surface area contributed by atoms with Crippen LogP contribution >= 0.6 is 0 Å². The predicted octanol–water partition coefficient (Wildman–Crippen LogP) is 3.98. The summed E-state index contributed by atoms with van der Waals surface area (Å²) < 4.78 is 0. The SMILES string of the molecule is CC(C)c1cc(NC2CCCCCC2C)ncn1. The number of aromatic nitrogens is 2. The number of rotatable bonds is 3. The number of nitrogens with one attached hydrogen (secondary N) is 1. The van der Waals surface area contributed by atoms with E-state index in [0.29, 0.717) is 12.0 Å². The van der Waals surface area contributed by atoms with Crippen LogP contribution in [0.4, 0.5) is 5.82 Å². The van der Waals surface area contributed by atoms with E-state index in [-0.39, 0.29) is 0 Å². The van der Waals surface area contributed by atoms with Crippen molar-refractivity contribution in [3.63, 3.8) is 0 Å². The normalized spacial score (nSPS) is 24.9. The van der Waals surface area contributed by atoms with Crippen molar-refractivity contribution >= 4 is 5.82 Å². The molecule has 18 heavy (non-hydrogen) atoms. The maximum atomic E-state index is 4.36. The largest absolute Gasteiger partial charge is 0.367 e. The molecular weight excluding hydrogens is 222 g/mol. The summed E-state index contributed by atoms with van der Waals surface area (Å²) in [6.45, 7) is 6.69. The molecule has 3 heteroatoms. The van der Waals surface area contributed by atoms with Gasteiger partial charge in [0.1, 0.15) is 12.1 Å². The van der Waals surface area contributed by atoms with E-state index < -0.39 is 0 Å². The molecule has 1 aliphatic carbocycles. The van der Waals surface area contributed by atoms with E-state index in [9.17, 15) is 0 Å². The highest BCUT2D eigenvalue weighted by atomic mass is 15.0. The number of hydrogen-bond donors (Lipinski definition) is 1. The molecule has 0 aliphatic heterocycles. The Balaban J connectivity index is 2.05. The zero-order valence-electron chi connectivity index (χ0n) is 11.8. The van der Waals surface area contributed by atoms with E-state index in [1.165, 1.54) is 32.1 Å². The summed E-state index contributed by atoms with van der Waals surface area (Å²) in [5, 5.41) is 3.61. The highest BCUT2D eigenvalue weighted by molar-refractivity contribution is 5.37. The van der Waals surface area contributed by atoms with Crippen molar-refractivity contribution in [3.05, 3.63) is 18.1 Å². The van der Waals surface area contributed by atoms with Crippen molar-refractivity contribution in [1.82, 2.24) is 9.97 Å². The predicted molar refractivity (Wildman–Crippen MR) is 75.8 cm³/mol. The molecular formula is C15H25N3. The van der Waals surface area contributed by atoms with Crippen LogP contribution < -0.4 is 5.32 Å². The summed E-state index contributed by atoms with van der Waals surface area (Å²) in [7, 11) is 0. The van der Waals surface area contributed by atoms with E-state index >= 15 is 0 Å². The molecule has 1 heterocycles. The van der Waals surface area contributed by atoms with Gasteiger partial charge in [-0.1, -0.05) is 40.0 Å². The molecule has 0 saturated heterocycles. The lowest BCUT2D eigenvalue weighted by Gasteiger charge is -2.23. The van der Waals surface area contributed by atoms with E-state index in [2.05, 4.69) is 42.1 Å². The Kier molecular flexibility index (Phi) is 4.56. The molecule has 1 fully saturated rings. The average Bonchev–Trinajstić information content (AvgIpc) is 2.55. The standard InChI is InChI=1S/C15H25N3/c1-11(2)14-9-15(17-10-16-14)18-13-8-6-4-5-7-12(13)3/h9-13H,4-8H2,1-3H3,(H,16,17,18). The second-order valence-electron chi connectivity index (χ2n) is 5.85. The molecule has 1 saturated carbocycles. The Labute approximate surface area is 110 Å². The van der Waals surface area contributed by atoms with Gasteiger partial charge in [0, 0.05) is 17.8 Å². The van der Waals surface area contributed by atoms with Crippen molar-refractivity contribution in [3.8, 4) is 0 Å². The molecule has 2 atom stereocenters. The van der Waals surface area contributed by atoms with Gasteiger partial charge >= 0.3 is 0 Å². The molecule has 2 unspecified atom stereocenters. The number of hydrogen-bond acceptors (Lipinski definition) is 3. The first-order valence-corrected chi connectivity index (χ1v) is 7.25. The summed E-state index contributed by atoms with van der Waals surface area (Å²) in [6, 6.07) is 2.67. The summed E-state index contributed by atoms with van der Waals surface area (Å²) in [4.78, 5) is 8.68. The highest BCUT2D eigenvalue weighted by Gasteiger charge is 2.20. The van der Waals surface area contributed by atoms with Crippen molar-refractivity contribution in [1.29, 1.82) is 0 Å². The van der Waals surface area contributed by atoms with Crippen LogP contribution in [-0.4, -0.2) is 16.0 Å². The lowest BCUT2D eigenvalue weighted by atomic mass is 9.97. The second kappa shape index (κ2) is 6.17. The first-order valence-electron chi connectivity index (χ1n) is 7.25. The molecule has 100 valence electrons. The fourth-order valence-electron chi connectivity index (χ4n) is 2.66. The monoisotopic (exact) mass is 247 g/mol. The van der Waals surface area contributed by atoms with E-state index in [1.54, 1.807) is 6.33 Å². The molecule has 0 aromatic carbocycles. The van der Waals surface area contributed by atoms with Crippen LogP contribution in [0.5, 0.6) is 0 Å².